The first-order chi connectivity index (χ1) is 15.1. The fraction of sp³-hybridized carbons (Fsp3) is 0.167. The summed E-state index contributed by atoms with van der Waals surface area (Å²) < 4.78 is 16.4. The van der Waals surface area contributed by atoms with Crippen LogP contribution in [-0.2, 0) is 6.54 Å². The second-order valence-electron chi connectivity index (χ2n) is 6.52. The SMILES string of the molecule is COc1ccc(CNC(=S)NC(=O)c2ccc(OCCOc3ccccc3)cc2)cc1. The molecule has 0 saturated carbocycles. The van der Waals surface area contributed by atoms with Gasteiger partial charge in [-0.2, -0.15) is 0 Å². The van der Waals surface area contributed by atoms with Crippen molar-refractivity contribution in [3.05, 3.63) is 90.0 Å². The summed E-state index contributed by atoms with van der Waals surface area (Å²) in [6.07, 6.45) is 0. The van der Waals surface area contributed by atoms with Crippen LogP contribution in [0.2, 0.25) is 0 Å². The van der Waals surface area contributed by atoms with Crippen LogP contribution in [0, 0.1) is 0 Å². The molecule has 0 atom stereocenters. The molecule has 2 N–H and O–H groups in total. The number of carbonyl (C=O) groups excluding carboxylic acids is 1. The van der Waals surface area contributed by atoms with E-state index in [-0.39, 0.29) is 11.0 Å². The zero-order valence-corrected chi connectivity index (χ0v) is 18.0. The lowest BCUT2D eigenvalue weighted by atomic mass is 10.2. The smallest absolute Gasteiger partial charge is 0.257 e. The van der Waals surface area contributed by atoms with Crippen molar-refractivity contribution in [2.24, 2.45) is 0 Å². The van der Waals surface area contributed by atoms with E-state index in [1.165, 1.54) is 0 Å². The third-order valence-electron chi connectivity index (χ3n) is 4.32. The zero-order chi connectivity index (χ0) is 21.9. The minimum atomic E-state index is -0.286. The molecule has 0 saturated heterocycles. The molecule has 0 bridgehead atoms. The largest absolute Gasteiger partial charge is 0.497 e. The molecule has 0 aliphatic heterocycles. The molecule has 0 heterocycles. The van der Waals surface area contributed by atoms with Gasteiger partial charge in [0.05, 0.1) is 7.11 Å². The van der Waals surface area contributed by atoms with Crippen molar-refractivity contribution in [2.75, 3.05) is 20.3 Å². The van der Waals surface area contributed by atoms with Gasteiger partial charge in [-0.1, -0.05) is 30.3 Å². The number of hydrogen-bond donors (Lipinski definition) is 2. The van der Waals surface area contributed by atoms with Crippen LogP contribution in [-0.4, -0.2) is 31.3 Å². The number of methoxy groups -OCH3 is 1. The molecular weight excluding hydrogens is 412 g/mol. The Morgan fingerprint density at radius 1 is 0.806 bits per heavy atom. The Labute approximate surface area is 187 Å². The van der Waals surface area contributed by atoms with Gasteiger partial charge in [-0.05, 0) is 66.3 Å². The van der Waals surface area contributed by atoms with E-state index in [4.69, 9.17) is 26.4 Å². The molecule has 0 aliphatic rings. The Morgan fingerprint density at radius 3 is 2.00 bits per heavy atom. The van der Waals surface area contributed by atoms with Gasteiger partial charge in [0.25, 0.3) is 5.91 Å². The molecule has 3 aromatic rings. The fourth-order valence-electron chi connectivity index (χ4n) is 2.68. The van der Waals surface area contributed by atoms with Crippen molar-refractivity contribution in [1.82, 2.24) is 10.6 Å². The highest BCUT2D eigenvalue weighted by Gasteiger charge is 2.08. The van der Waals surface area contributed by atoms with Crippen LogP contribution in [0.1, 0.15) is 15.9 Å². The Hall–Kier alpha value is -3.58. The molecule has 3 aromatic carbocycles. The first-order valence-electron chi connectivity index (χ1n) is 9.77. The van der Waals surface area contributed by atoms with Crippen LogP contribution >= 0.6 is 12.2 Å². The molecule has 160 valence electrons. The minimum absolute atomic E-state index is 0.263. The van der Waals surface area contributed by atoms with E-state index in [2.05, 4.69) is 10.6 Å². The maximum Gasteiger partial charge on any atom is 0.257 e. The van der Waals surface area contributed by atoms with Crippen LogP contribution in [0.4, 0.5) is 0 Å². The van der Waals surface area contributed by atoms with Gasteiger partial charge in [0.1, 0.15) is 30.5 Å². The molecule has 6 nitrogen and oxygen atoms in total. The Bertz CT molecular complexity index is 977. The van der Waals surface area contributed by atoms with Crippen LogP contribution in [0.15, 0.2) is 78.9 Å². The lowest BCUT2D eigenvalue weighted by Crippen LogP contribution is -2.38. The van der Waals surface area contributed by atoms with E-state index >= 15 is 0 Å². The Morgan fingerprint density at radius 2 is 1.39 bits per heavy atom. The number of carbonyl (C=O) groups is 1. The Balaban J connectivity index is 1.39. The molecule has 31 heavy (non-hydrogen) atoms. The average molecular weight is 437 g/mol. The number of nitrogens with one attached hydrogen (secondary N) is 2. The normalized spacial score (nSPS) is 10.1. The van der Waals surface area contributed by atoms with Gasteiger partial charge in [0, 0.05) is 12.1 Å². The average Bonchev–Trinajstić information content (AvgIpc) is 2.82. The summed E-state index contributed by atoms with van der Waals surface area (Å²) in [7, 11) is 1.62. The quantitative estimate of drug-likeness (QED) is 0.391. The van der Waals surface area contributed by atoms with Gasteiger partial charge in [-0.3, -0.25) is 10.1 Å². The summed E-state index contributed by atoms with van der Waals surface area (Å²) in [5, 5.41) is 5.95. The van der Waals surface area contributed by atoms with Gasteiger partial charge >= 0.3 is 0 Å². The van der Waals surface area contributed by atoms with E-state index in [0.717, 1.165) is 17.1 Å². The number of ether oxygens (including phenoxy) is 3. The number of para-hydroxylation sites is 1. The summed E-state index contributed by atoms with van der Waals surface area (Å²) in [4.78, 5) is 12.4. The summed E-state index contributed by atoms with van der Waals surface area (Å²) in [6.45, 7) is 1.33. The molecule has 0 aliphatic carbocycles. The summed E-state index contributed by atoms with van der Waals surface area (Å²) in [5.41, 5.74) is 1.51. The molecule has 0 radical (unpaired) electrons. The zero-order valence-electron chi connectivity index (χ0n) is 17.2. The summed E-state index contributed by atoms with van der Waals surface area (Å²) in [6, 6.07) is 24.0. The number of thiocarbonyl (C=S) groups is 1. The second kappa shape index (κ2) is 11.6. The molecule has 0 spiro atoms. The van der Waals surface area contributed by atoms with Gasteiger partial charge in [-0.15, -0.1) is 0 Å². The highest BCUT2D eigenvalue weighted by molar-refractivity contribution is 7.80. The highest BCUT2D eigenvalue weighted by atomic mass is 32.1. The summed E-state index contributed by atoms with van der Waals surface area (Å²) >= 11 is 5.21. The molecule has 0 unspecified atom stereocenters. The molecule has 7 heteroatoms. The van der Waals surface area contributed by atoms with Crippen molar-refractivity contribution in [2.45, 2.75) is 6.54 Å². The Kier molecular flexibility index (Phi) is 8.25. The predicted molar refractivity (Wildman–Crippen MR) is 124 cm³/mol. The number of rotatable bonds is 9. The number of amides is 1. The summed E-state index contributed by atoms with van der Waals surface area (Å²) in [5.74, 6) is 1.96. The molecular formula is C24H24N2O4S. The third-order valence-corrected chi connectivity index (χ3v) is 4.57. The molecule has 0 aromatic heterocycles. The van der Waals surface area contributed by atoms with Crippen molar-refractivity contribution in [3.8, 4) is 17.2 Å². The van der Waals surface area contributed by atoms with Crippen LogP contribution in [0.3, 0.4) is 0 Å². The van der Waals surface area contributed by atoms with Crippen molar-refractivity contribution in [3.63, 3.8) is 0 Å². The van der Waals surface area contributed by atoms with Crippen molar-refractivity contribution in [1.29, 1.82) is 0 Å². The highest BCUT2D eigenvalue weighted by Crippen LogP contribution is 2.13. The van der Waals surface area contributed by atoms with Crippen LogP contribution in [0.25, 0.3) is 0 Å². The topological polar surface area (TPSA) is 68.8 Å². The molecule has 3 rings (SSSR count). The second-order valence-corrected chi connectivity index (χ2v) is 6.93. The van der Waals surface area contributed by atoms with Gasteiger partial charge in [-0.25, -0.2) is 0 Å². The van der Waals surface area contributed by atoms with E-state index in [1.54, 1.807) is 31.4 Å². The van der Waals surface area contributed by atoms with E-state index in [0.29, 0.717) is 31.1 Å². The van der Waals surface area contributed by atoms with Gasteiger partial charge in [0.15, 0.2) is 5.11 Å². The number of hydrogen-bond acceptors (Lipinski definition) is 5. The fourth-order valence-corrected chi connectivity index (χ4v) is 2.85. The molecule has 1 amide bonds. The maximum atomic E-state index is 12.4. The van der Waals surface area contributed by atoms with Crippen LogP contribution < -0.4 is 24.8 Å². The van der Waals surface area contributed by atoms with E-state index in [9.17, 15) is 4.79 Å². The molecule has 0 fully saturated rings. The van der Waals surface area contributed by atoms with Crippen molar-refractivity contribution >= 4 is 23.2 Å². The monoisotopic (exact) mass is 436 g/mol. The maximum absolute atomic E-state index is 12.4. The van der Waals surface area contributed by atoms with Gasteiger partial charge in [0.2, 0.25) is 0 Å². The predicted octanol–water partition coefficient (Wildman–Crippen LogP) is 3.96. The van der Waals surface area contributed by atoms with E-state index < -0.39 is 0 Å². The first kappa shape index (κ1) is 22.1. The standard InChI is InChI=1S/C24H24N2O4S/c1-28-20-11-7-18(8-12-20)17-25-24(31)26-23(27)19-9-13-22(14-10-19)30-16-15-29-21-5-3-2-4-6-21/h2-14H,15-17H2,1H3,(H2,25,26,27,31). The van der Waals surface area contributed by atoms with Crippen LogP contribution in [0.5, 0.6) is 17.2 Å². The minimum Gasteiger partial charge on any atom is -0.497 e. The van der Waals surface area contributed by atoms with Crippen molar-refractivity contribution < 1.29 is 19.0 Å². The lowest BCUT2D eigenvalue weighted by Gasteiger charge is -2.11. The number of benzene rings is 3. The van der Waals surface area contributed by atoms with E-state index in [1.807, 2.05) is 54.6 Å². The third kappa shape index (κ3) is 7.31. The van der Waals surface area contributed by atoms with Gasteiger partial charge < -0.3 is 19.5 Å². The lowest BCUT2D eigenvalue weighted by molar-refractivity contribution is 0.0976. The first-order valence-corrected chi connectivity index (χ1v) is 10.2.